The summed E-state index contributed by atoms with van der Waals surface area (Å²) in [4.78, 5) is 42.0. The molecule has 6 nitrogen and oxygen atoms in total. The molecule has 1 aromatic heterocycles. The summed E-state index contributed by atoms with van der Waals surface area (Å²) in [5.74, 6) is -1.93. The van der Waals surface area contributed by atoms with E-state index >= 15 is 0 Å². The van der Waals surface area contributed by atoms with Crippen LogP contribution in [0.2, 0.25) is 0 Å². The van der Waals surface area contributed by atoms with Crippen molar-refractivity contribution >= 4 is 34.9 Å². The number of aromatic nitrogens is 1. The number of carboxylic acids is 1. The average Bonchev–Trinajstić information content (AvgIpc) is 3.22. The number of benzene rings is 2. The van der Waals surface area contributed by atoms with E-state index in [9.17, 15) is 19.5 Å². The Kier molecular flexibility index (Phi) is 5.88. The number of methoxy groups -OCH3 is 1. The number of carbonyl (C=O) groups excluding carboxylic acids is 1. The quantitative estimate of drug-likeness (QED) is 0.521. The summed E-state index contributed by atoms with van der Waals surface area (Å²) in [5, 5.41) is 9.67. The molecule has 2 aliphatic rings. The minimum absolute atomic E-state index is 0.166. The van der Waals surface area contributed by atoms with Gasteiger partial charge in [0.25, 0.3) is 0 Å². The molecule has 3 aromatic rings. The summed E-state index contributed by atoms with van der Waals surface area (Å²) in [7, 11) is 1.58. The van der Waals surface area contributed by atoms with Crippen LogP contribution in [0.1, 0.15) is 50.7 Å². The number of hydrogen-bond donors (Lipinski definition) is 2. The van der Waals surface area contributed by atoms with Crippen molar-refractivity contribution in [2.24, 2.45) is 5.92 Å². The summed E-state index contributed by atoms with van der Waals surface area (Å²) in [6, 6.07) is 13.1. The van der Waals surface area contributed by atoms with Crippen molar-refractivity contribution in [2.45, 2.75) is 41.9 Å². The van der Waals surface area contributed by atoms with Gasteiger partial charge in [-0.3, -0.25) is 14.4 Å². The molecular formula is C25H23NO5S2. The highest BCUT2D eigenvalue weighted by Gasteiger charge is 2.48. The lowest BCUT2D eigenvalue weighted by Crippen LogP contribution is -2.40. The van der Waals surface area contributed by atoms with Crippen molar-refractivity contribution in [2.75, 3.05) is 7.11 Å². The SMILES string of the molecule is COc1ccc([C@@H]2c3sc(=O)[nH]c3S[C@H](C(=O)O)[C@H]2C(=O)c2cccc3c2CCCC3)cc1. The van der Waals surface area contributed by atoms with Gasteiger partial charge in [-0.1, -0.05) is 53.4 Å². The van der Waals surface area contributed by atoms with Gasteiger partial charge in [-0.15, -0.1) is 0 Å². The maximum atomic E-state index is 14.1. The standard InChI is InChI=1S/C25H23NO5S2/c1-31-15-11-9-14(10-12-15)18-19(22(24(28)29)32-23-21(18)33-25(30)26-23)20(27)17-8-4-6-13-5-2-3-7-16(13)17/h4,6,8-12,18-19,22H,2-3,5,7H2,1H3,(H,26,30)(H,28,29)/t18-,19+,22-/m0/s1. The number of H-pyrrole nitrogens is 1. The van der Waals surface area contributed by atoms with Crippen LogP contribution in [-0.2, 0) is 17.6 Å². The Labute approximate surface area is 199 Å². The first-order chi connectivity index (χ1) is 16.0. The Balaban J connectivity index is 1.68. The number of thiazole rings is 1. The summed E-state index contributed by atoms with van der Waals surface area (Å²) in [6.07, 6.45) is 3.87. The van der Waals surface area contributed by atoms with Gasteiger partial charge in [-0.2, -0.15) is 0 Å². The van der Waals surface area contributed by atoms with E-state index in [-0.39, 0.29) is 10.7 Å². The zero-order valence-electron chi connectivity index (χ0n) is 18.0. The lowest BCUT2D eigenvalue weighted by Gasteiger charge is -2.35. The fourth-order valence-electron chi connectivity index (χ4n) is 5.01. The molecule has 2 heterocycles. The first kappa shape index (κ1) is 22.0. The van der Waals surface area contributed by atoms with Crippen LogP contribution in [0.5, 0.6) is 5.75 Å². The topological polar surface area (TPSA) is 96.5 Å². The molecule has 170 valence electrons. The Morgan fingerprint density at radius 3 is 2.58 bits per heavy atom. The van der Waals surface area contributed by atoms with Gasteiger partial charge in [0.05, 0.1) is 18.1 Å². The molecule has 0 unspecified atom stereocenters. The van der Waals surface area contributed by atoms with Crippen molar-refractivity contribution in [1.29, 1.82) is 0 Å². The van der Waals surface area contributed by atoms with Crippen LogP contribution in [0.4, 0.5) is 0 Å². The third kappa shape index (κ3) is 3.91. The molecule has 5 rings (SSSR count). The van der Waals surface area contributed by atoms with E-state index in [2.05, 4.69) is 11.1 Å². The number of nitrogens with one attached hydrogen (secondary N) is 1. The maximum absolute atomic E-state index is 14.1. The average molecular weight is 482 g/mol. The van der Waals surface area contributed by atoms with Crippen LogP contribution in [0.25, 0.3) is 0 Å². The molecule has 0 bridgehead atoms. The van der Waals surface area contributed by atoms with Gasteiger partial charge in [-0.25, -0.2) is 0 Å². The lowest BCUT2D eigenvalue weighted by molar-refractivity contribution is -0.137. The molecular weight excluding hydrogens is 458 g/mol. The number of ether oxygens (including phenoxy) is 1. The Morgan fingerprint density at radius 1 is 1.09 bits per heavy atom. The van der Waals surface area contributed by atoms with Crippen LogP contribution < -0.4 is 9.61 Å². The number of aliphatic carboxylic acids is 1. The van der Waals surface area contributed by atoms with Crippen molar-refractivity contribution in [1.82, 2.24) is 4.98 Å². The molecule has 0 saturated carbocycles. The van der Waals surface area contributed by atoms with Gasteiger partial charge < -0.3 is 14.8 Å². The van der Waals surface area contributed by atoms with E-state index in [0.717, 1.165) is 64.8 Å². The number of thioether (sulfide) groups is 1. The highest BCUT2D eigenvalue weighted by molar-refractivity contribution is 8.00. The normalized spacial score (nSPS) is 21.7. The lowest BCUT2D eigenvalue weighted by atomic mass is 9.75. The second kappa shape index (κ2) is 8.83. The number of aromatic amines is 1. The van der Waals surface area contributed by atoms with Gasteiger partial charge in [0.15, 0.2) is 5.78 Å². The summed E-state index contributed by atoms with van der Waals surface area (Å²) in [5.41, 5.74) is 3.63. The number of carboxylic acid groups (broad SMARTS) is 1. The number of Topliss-reactive ketones (excluding diaryl/α,β-unsaturated/α-hetero) is 1. The molecule has 0 spiro atoms. The predicted octanol–water partition coefficient (Wildman–Crippen LogP) is 4.51. The zero-order valence-corrected chi connectivity index (χ0v) is 19.6. The molecule has 0 radical (unpaired) electrons. The number of aryl methyl sites for hydroxylation is 1. The fourth-order valence-corrected chi connectivity index (χ4v) is 7.43. The van der Waals surface area contributed by atoms with Crippen molar-refractivity contribution in [3.05, 3.63) is 79.3 Å². The molecule has 1 aliphatic heterocycles. The molecule has 8 heteroatoms. The third-order valence-corrected chi connectivity index (χ3v) is 8.94. The minimum atomic E-state index is -1.06. The van der Waals surface area contributed by atoms with E-state index in [1.54, 1.807) is 19.2 Å². The Morgan fingerprint density at radius 2 is 1.85 bits per heavy atom. The summed E-state index contributed by atoms with van der Waals surface area (Å²) < 4.78 is 5.28. The number of carbonyl (C=O) groups is 2. The maximum Gasteiger partial charge on any atom is 0.317 e. The summed E-state index contributed by atoms with van der Waals surface area (Å²) >= 11 is 2.12. The molecule has 0 amide bonds. The van der Waals surface area contributed by atoms with Crippen molar-refractivity contribution < 1.29 is 19.4 Å². The first-order valence-electron chi connectivity index (χ1n) is 10.9. The largest absolute Gasteiger partial charge is 0.497 e. The first-order valence-corrected chi connectivity index (χ1v) is 12.6. The van der Waals surface area contributed by atoms with Crippen LogP contribution in [0.15, 0.2) is 52.3 Å². The number of rotatable bonds is 5. The molecule has 2 aromatic carbocycles. The third-order valence-electron chi connectivity index (χ3n) is 6.54. The van der Waals surface area contributed by atoms with Gasteiger partial charge in [-0.05, 0) is 54.5 Å². The van der Waals surface area contributed by atoms with Crippen LogP contribution >= 0.6 is 23.1 Å². The van der Waals surface area contributed by atoms with Gasteiger partial charge >= 0.3 is 10.8 Å². The monoisotopic (exact) mass is 481 g/mol. The van der Waals surface area contributed by atoms with Gasteiger partial charge in [0.1, 0.15) is 11.0 Å². The fraction of sp³-hybridized carbons (Fsp3) is 0.320. The van der Waals surface area contributed by atoms with Crippen LogP contribution in [-0.4, -0.2) is 34.2 Å². The minimum Gasteiger partial charge on any atom is -0.497 e. The van der Waals surface area contributed by atoms with Gasteiger partial charge in [0, 0.05) is 16.4 Å². The van der Waals surface area contributed by atoms with E-state index in [1.807, 2.05) is 24.3 Å². The summed E-state index contributed by atoms with van der Waals surface area (Å²) in [6.45, 7) is 0. The molecule has 0 fully saturated rings. The number of hydrogen-bond acceptors (Lipinski definition) is 6. The number of fused-ring (bicyclic) bond motifs is 2. The molecule has 3 atom stereocenters. The van der Waals surface area contributed by atoms with Gasteiger partial charge in [0.2, 0.25) is 0 Å². The van der Waals surface area contributed by atoms with E-state index in [4.69, 9.17) is 4.74 Å². The number of ketones is 1. The second-order valence-electron chi connectivity index (χ2n) is 8.38. The smallest absolute Gasteiger partial charge is 0.317 e. The van der Waals surface area contributed by atoms with E-state index in [0.29, 0.717) is 16.3 Å². The molecule has 2 N–H and O–H groups in total. The van der Waals surface area contributed by atoms with Crippen molar-refractivity contribution in [3.63, 3.8) is 0 Å². The predicted molar refractivity (Wildman–Crippen MR) is 128 cm³/mol. The second-order valence-corrected chi connectivity index (χ2v) is 10.5. The molecule has 1 aliphatic carbocycles. The van der Waals surface area contributed by atoms with E-state index < -0.39 is 23.1 Å². The van der Waals surface area contributed by atoms with Crippen molar-refractivity contribution in [3.8, 4) is 5.75 Å². The highest BCUT2D eigenvalue weighted by Crippen LogP contribution is 2.50. The Hall–Kier alpha value is -2.84. The van der Waals surface area contributed by atoms with Crippen LogP contribution in [0.3, 0.4) is 0 Å². The highest BCUT2D eigenvalue weighted by atomic mass is 32.2. The zero-order chi connectivity index (χ0) is 23.1. The van der Waals surface area contributed by atoms with E-state index in [1.165, 1.54) is 5.56 Å². The Bertz CT molecular complexity index is 1280. The van der Waals surface area contributed by atoms with Crippen LogP contribution in [0, 0.1) is 5.92 Å². The molecule has 0 saturated heterocycles. The molecule has 33 heavy (non-hydrogen) atoms.